The molecule has 0 amide bonds. The van der Waals surface area contributed by atoms with Crippen LogP contribution in [0.25, 0.3) is 0 Å². The zero-order chi connectivity index (χ0) is 24.7. The van der Waals surface area contributed by atoms with E-state index in [0.717, 1.165) is 5.56 Å². The maximum absolute atomic E-state index is 12.9. The number of hydrogen-bond acceptors (Lipinski definition) is 8. The molecule has 0 atom stereocenters. The molecule has 34 heavy (non-hydrogen) atoms. The number of hydrogen-bond donors (Lipinski definition) is 0. The first-order valence-electron chi connectivity index (χ1n) is 10.4. The Labute approximate surface area is 197 Å². The molecule has 0 radical (unpaired) electrons. The van der Waals surface area contributed by atoms with Crippen molar-refractivity contribution in [2.75, 3.05) is 26.2 Å². The smallest absolute Gasteiger partial charge is 0.355 e. The van der Waals surface area contributed by atoms with Gasteiger partial charge in [-0.15, -0.1) is 0 Å². The van der Waals surface area contributed by atoms with Crippen LogP contribution in [-0.4, -0.2) is 39.2 Å². The Morgan fingerprint density at radius 2 is 1.53 bits per heavy atom. The maximum atomic E-state index is 12.9. The molecule has 0 aliphatic carbocycles. The van der Waals surface area contributed by atoms with Gasteiger partial charge in [0.2, 0.25) is 0 Å². The molecule has 8 heteroatoms. The third-order valence-electron chi connectivity index (χ3n) is 4.99. The molecular weight excluding hydrogens is 438 g/mol. The molecule has 0 spiro atoms. The van der Waals surface area contributed by atoms with Gasteiger partial charge in [0, 0.05) is 6.20 Å². The number of anilines is 1. The number of aryl methyl sites for hydroxylation is 1. The molecule has 0 fully saturated rings. The predicted molar refractivity (Wildman–Crippen MR) is 125 cm³/mol. The number of esters is 3. The van der Waals surface area contributed by atoms with Crippen LogP contribution in [0.5, 0.6) is 5.75 Å². The zero-order valence-electron chi connectivity index (χ0n) is 19.4. The fourth-order valence-corrected chi connectivity index (χ4v) is 3.43. The van der Waals surface area contributed by atoms with Gasteiger partial charge in [-0.3, -0.25) is 0 Å². The highest BCUT2D eigenvalue weighted by atomic mass is 16.5. The van der Waals surface area contributed by atoms with Crippen LogP contribution >= 0.6 is 0 Å². The van der Waals surface area contributed by atoms with E-state index in [1.165, 1.54) is 32.3 Å². The van der Waals surface area contributed by atoms with E-state index in [-0.39, 0.29) is 29.2 Å². The normalized spacial score (nSPS) is 12.8. The van der Waals surface area contributed by atoms with Crippen LogP contribution in [0.2, 0.25) is 0 Å². The lowest BCUT2D eigenvalue weighted by molar-refractivity contribution is -0.139. The number of ether oxygens (including phenoxy) is 4. The average Bonchev–Trinajstić information content (AvgIpc) is 3.09. The average molecular weight is 463 g/mol. The van der Waals surface area contributed by atoms with Gasteiger partial charge in [0.25, 0.3) is 0 Å². The summed E-state index contributed by atoms with van der Waals surface area (Å²) in [6.45, 7) is 1.94. The molecule has 176 valence electrons. The van der Waals surface area contributed by atoms with E-state index in [4.69, 9.17) is 18.9 Å². The van der Waals surface area contributed by atoms with E-state index in [1.54, 1.807) is 37.4 Å². The lowest BCUT2D eigenvalue weighted by atomic mass is 10.1. The molecule has 0 saturated carbocycles. The van der Waals surface area contributed by atoms with Gasteiger partial charge in [-0.05, 0) is 42.3 Å². The van der Waals surface area contributed by atoms with Crippen molar-refractivity contribution in [2.24, 2.45) is 0 Å². The van der Waals surface area contributed by atoms with Gasteiger partial charge in [0.15, 0.2) is 5.75 Å². The van der Waals surface area contributed by atoms with E-state index in [1.807, 2.05) is 30.3 Å². The first-order chi connectivity index (χ1) is 16.4. The Bertz CT molecular complexity index is 1180. The number of carbonyl (C=O) groups is 3. The van der Waals surface area contributed by atoms with Gasteiger partial charge in [-0.2, -0.15) is 0 Å². The van der Waals surface area contributed by atoms with E-state index in [0.29, 0.717) is 11.3 Å². The quantitative estimate of drug-likeness (QED) is 0.452. The minimum atomic E-state index is -0.772. The zero-order valence-corrected chi connectivity index (χ0v) is 19.4. The molecule has 0 saturated heterocycles. The highest BCUT2D eigenvalue weighted by molar-refractivity contribution is 6.06. The van der Waals surface area contributed by atoms with Crippen LogP contribution < -0.4 is 9.64 Å². The molecule has 1 aliphatic rings. The fourth-order valence-electron chi connectivity index (χ4n) is 3.43. The van der Waals surface area contributed by atoms with Crippen LogP contribution in [0.15, 0.2) is 78.2 Å². The Hall–Kier alpha value is -4.33. The molecule has 1 heterocycles. The third kappa shape index (κ3) is 5.17. The summed E-state index contributed by atoms with van der Waals surface area (Å²) in [5, 5.41) is 0. The number of nitrogens with zero attached hydrogens (tertiary/aromatic N) is 1. The van der Waals surface area contributed by atoms with Gasteiger partial charge >= 0.3 is 17.9 Å². The number of carbonyl (C=O) groups excluding carboxylic acids is 3. The lowest BCUT2D eigenvalue weighted by Gasteiger charge is -2.26. The summed E-state index contributed by atoms with van der Waals surface area (Å²) < 4.78 is 21.0. The van der Waals surface area contributed by atoms with Crippen molar-refractivity contribution in [3.8, 4) is 5.75 Å². The number of methoxy groups -OCH3 is 3. The Kier molecular flexibility index (Phi) is 7.87. The summed E-state index contributed by atoms with van der Waals surface area (Å²) in [6, 6.07) is 12.8. The molecule has 0 N–H and O–H groups in total. The molecule has 0 unspecified atom stereocenters. The highest BCUT2D eigenvalue weighted by Crippen LogP contribution is 2.38. The molecule has 0 bridgehead atoms. The van der Waals surface area contributed by atoms with E-state index < -0.39 is 17.9 Å². The standard InChI is InChI=1S/C26H25NO7/c1-17-14-20(25(29)32-3)23(34-16-18-10-6-5-7-11-18)21(15-17)27-13-9-8-12-19(24(28)31-2)22(27)26(30)33-4/h5-15H,16H2,1-4H3. The summed E-state index contributed by atoms with van der Waals surface area (Å²) in [5.41, 5.74) is 1.98. The molecular formula is C26H25NO7. The van der Waals surface area contributed by atoms with Gasteiger partial charge in [0.05, 0.1) is 32.6 Å². The van der Waals surface area contributed by atoms with E-state index in [2.05, 4.69) is 0 Å². The topological polar surface area (TPSA) is 91.4 Å². The SMILES string of the molecule is COC(=O)C1=C(C(=O)OC)N(c2cc(C)cc(C(=O)OC)c2OCc2ccccc2)C=CC=C1. The summed E-state index contributed by atoms with van der Waals surface area (Å²) in [5.74, 6) is -1.93. The lowest BCUT2D eigenvalue weighted by Crippen LogP contribution is -2.27. The predicted octanol–water partition coefficient (Wildman–Crippen LogP) is 3.85. The minimum absolute atomic E-state index is 0.0190. The van der Waals surface area contributed by atoms with Gasteiger partial charge in [-0.1, -0.05) is 36.4 Å². The second-order valence-corrected chi connectivity index (χ2v) is 7.24. The number of benzene rings is 2. The number of rotatable bonds is 7. The number of allylic oxidation sites excluding steroid dienone is 2. The minimum Gasteiger partial charge on any atom is -0.486 e. The Morgan fingerprint density at radius 3 is 2.18 bits per heavy atom. The van der Waals surface area contributed by atoms with Crippen LogP contribution in [0, 0.1) is 6.92 Å². The monoisotopic (exact) mass is 463 g/mol. The van der Waals surface area contributed by atoms with Crippen molar-refractivity contribution in [1.29, 1.82) is 0 Å². The van der Waals surface area contributed by atoms with Gasteiger partial charge < -0.3 is 23.8 Å². The Balaban J connectivity index is 2.24. The highest BCUT2D eigenvalue weighted by Gasteiger charge is 2.31. The van der Waals surface area contributed by atoms with Crippen molar-refractivity contribution in [3.63, 3.8) is 0 Å². The molecule has 1 aliphatic heterocycles. The largest absolute Gasteiger partial charge is 0.486 e. The van der Waals surface area contributed by atoms with E-state index >= 15 is 0 Å². The molecule has 2 aromatic rings. The van der Waals surface area contributed by atoms with E-state index in [9.17, 15) is 14.4 Å². The maximum Gasteiger partial charge on any atom is 0.355 e. The summed E-state index contributed by atoms with van der Waals surface area (Å²) in [7, 11) is 3.71. The van der Waals surface area contributed by atoms with Crippen LogP contribution in [0.4, 0.5) is 5.69 Å². The van der Waals surface area contributed by atoms with Crippen molar-refractivity contribution >= 4 is 23.6 Å². The van der Waals surface area contributed by atoms with Gasteiger partial charge in [-0.25, -0.2) is 14.4 Å². The Morgan fingerprint density at radius 1 is 0.853 bits per heavy atom. The molecule has 0 aromatic heterocycles. The van der Waals surface area contributed by atoms with Crippen molar-refractivity contribution < 1.29 is 33.3 Å². The molecule has 8 nitrogen and oxygen atoms in total. The summed E-state index contributed by atoms with van der Waals surface area (Å²) >= 11 is 0. The van der Waals surface area contributed by atoms with Crippen molar-refractivity contribution in [2.45, 2.75) is 13.5 Å². The van der Waals surface area contributed by atoms with Crippen molar-refractivity contribution in [3.05, 3.63) is 94.9 Å². The summed E-state index contributed by atoms with van der Waals surface area (Å²) in [6.07, 6.45) is 6.26. The van der Waals surface area contributed by atoms with Crippen LogP contribution in [-0.2, 0) is 30.4 Å². The third-order valence-corrected chi connectivity index (χ3v) is 4.99. The fraction of sp³-hybridized carbons (Fsp3) is 0.192. The second kappa shape index (κ2) is 11.0. The second-order valence-electron chi connectivity index (χ2n) is 7.24. The van der Waals surface area contributed by atoms with Crippen LogP contribution in [0.1, 0.15) is 21.5 Å². The molecule has 2 aromatic carbocycles. The molecule has 3 rings (SSSR count). The van der Waals surface area contributed by atoms with Gasteiger partial charge in [0.1, 0.15) is 17.9 Å². The van der Waals surface area contributed by atoms with Crippen molar-refractivity contribution in [1.82, 2.24) is 0 Å². The first kappa shape index (κ1) is 24.3. The first-order valence-corrected chi connectivity index (χ1v) is 10.4. The summed E-state index contributed by atoms with van der Waals surface area (Å²) in [4.78, 5) is 39.5. The van der Waals surface area contributed by atoms with Crippen LogP contribution in [0.3, 0.4) is 0 Å².